The highest BCUT2D eigenvalue weighted by molar-refractivity contribution is 9.10. The summed E-state index contributed by atoms with van der Waals surface area (Å²) < 4.78 is 32.7. The van der Waals surface area contributed by atoms with Crippen LogP contribution < -0.4 is 9.62 Å². The zero-order valence-corrected chi connectivity index (χ0v) is 16.8. The van der Waals surface area contributed by atoms with Gasteiger partial charge in [-0.25, -0.2) is 18.1 Å². The number of nitrogens with one attached hydrogen (secondary N) is 1. The molecular formula is C16H13BrClN3O4S. The van der Waals surface area contributed by atoms with Crippen molar-refractivity contribution in [2.45, 2.75) is 4.90 Å². The monoisotopic (exact) mass is 457 g/mol. The summed E-state index contributed by atoms with van der Waals surface area (Å²) in [5.41, 5.74) is 1.36. The molecule has 0 spiro atoms. The predicted octanol–water partition coefficient (Wildman–Crippen LogP) is 3.43. The largest absolute Gasteiger partial charge is 0.451 e. The number of aromatic nitrogens is 1. The quantitative estimate of drug-likeness (QED) is 0.602. The van der Waals surface area contributed by atoms with Crippen molar-refractivity contribution in [3.63, 3.8) is 0 Å². The van der Waals surface area contributed by atoms with Crippen molar-refractivity contribution in [3.8, 4) is 0 Å². The summed E-state index contributed by atoms with van der Waals surface area (Å²) in [5, 5.41) is 0.439. The number of carbonyl (C=O) groups excluding carboxylic acids is 1. The summed E-state index contributed by atoms with van der Waals surface area (Å²) in [5.74, 6) is -1.03. The summed E-state index contributed by atoms with van der Waals surface area (Å²) in [6.07, 6.45) is 1.35. The number of hydrogen-bond acceptors (Lipinski definition) is 6. The van der Waals surface area contributed by atoms with Gasteiger partial charge in [0.05, 0.1) is 0 Å². The number of halogens is 2. The first-order valence-electron chi connectivity index (χ1n) is 7.26. The van der Waals surface area contributed by atoms with Gasteiger partial charge in [-0.2, -0.15) is 0 Å². The van der Waals surface area contributed by atoms with Gasteiger partial charge in [0.25, 0.3) is 10.0 Å². The first-order valence-corrected chi connectivity index (χ1v) is 9.92. The van der Waals surface area contributed by atoms with Gasteiger partial charge >= 0.3 is 5.91 Å². The molecule has 26 heavy (non-hydrogen) atoms. The van der Waals surface area contributed by atoms with Crippen LogP contribution in [-0.4, -0.2) is 33.4 Å². The van der Waals surface area contributed by atoms with E-state index in [4.69, 9.17) is 16.0 Å². The smallest absolute Gasteiger partial charge is 0.300 e. The number of amides is 1. The van der Waals surface area contributed by atoms with Crippen LogP contribution in [0.15, 0.2) is 50.3 Å². The van der Waals surface area contributed by atoms with E-state index in [1.165, 1.54) is 18.3 Å². The van der Waals surface area contributed by atoms with E-state index in [0.29, 0.717) is 15.4 Å². The summed E-state index contributed by atoms with van der Waals surface area (Å²) in [6.45, 7) is 0. The second kappa shape index (κ2) is 6.90. The Morgan fingerprint density at radius 1 is 1.27 bits per heavy atom. The first kappa shape index (κ1) is 18.7. The number of benzene rings is 1. The molecule has 3 aromatic rings. The highest BCUT2D eigenvalue weighted by Crippen LogP contribution is 2.26. The van der Waals surface area contributed by atoms with E-state index in [0.717, 1.165) is 5.69 Å². The van der Waals surface area contributed by atoms with Crippen molar-refractivity contribution in [1.29, 1.82) is 0 Å². The summed E-state index contributed by atoms with van der Waals surface area (Å²) in [6, 6.07) is 8.14. The minimum atomic E-state index is -4.21. The zero-order valence-electron chi connectivity index (χ0n) is 13.7. The average Bonchev–Trinajstić information content (AvgIpc) is 2.99. The van der Waals surface area contributed by atoms with Crippen LogP contribution in [0.1, 0.15) is 10.6 Å². The van der Waals surface area contributed by atoms with E-state index >= 15 is 0 Å². The molecule has 0 radical (unpaired) electrons. The number of hydrogen-bond donors (Lipinski definition) is 1. The molecule has 0 aliphatic rings. The Morgan fingerprint density at radius 2 is 2.00 bits per heavy atom. The third kappa shape index (κ3) is 3.69. The molecule has 2 aromatic heterocycles. The van der Waals surface area contributed by atoms with Crippen LogP contribution in [0.4, 0.5) is 5.69 Å². The molecule has 3 rings (SSSR count). The van der Waals surface area contributed by atoms with Gasteiger partial charge in [0.15, 0.2) is 5.76 Å². The fourth-order valence-electron chi connectivity index (χ4n) is 2.23. The van der Waals surface area contributed by atoms with Gasteiger partial charge in [-0.05, 0) is 40.2 Å². The van der Waals surface area contributed by atoms with E-state index in [2.05, 4.69) is 20.9 Å². The van der Waals surface area contributed by atoms with E-state index in [9.17, 15) is 13.2 Å². The van der Waals surface area contributed by atoms with Gasteiger partial charge in [0.1, 0.15) is 15.6 Å². The molecule has 0 unspecified atom stereocenters. The summed E-state index contributed by atoms with van der Waals surface area (Å²) in [7, 11) is -0.462. The number of carbonyl (C=O) groups is 1. The molecule has 0 saturated carbocycles. The van der Waals surface area contributed by atoms with Crippen LogP contribution in [-0.2, 0) is 10.0 Å². The fourth-order valence-corrected chi connectivity index (χ4v) is 4.13. The van der Waals surface area contributed by atoms with Crippen LogP contribution in [0.5, 0.6) is 0 Å². The van der Waals surface area contributed by atoms with Crippen LogP contribution in [0.3, 0.4) is 0 Å². The lowest BCUT2D eigenvalue weighted by Crippen LogP contribution is -2.30. The van der Waals surface area contributed by atoms with Gasteiger partial charge < -0.3 is 9.32 Å². The van der Waals surface area contributed by atoms with Crippen molar-refractivity contribution < 1.29 is 17.6 Å². The first-order chi connectivity index (χ1) is 12.2. The Balaban J connectivity index is 1.92. The van der Waals surface area contributed by atoms with E-state index < -0.39 is 15.9 Å². The molecule has 10 heteroatoms. The fraction of sp³-hybridized carbons (Fsp3) is 0.125. The normalized spacial score (nSPS) is 11.5. The molecule has 0 fully saturated rings. The molecular weight excluding hydrogens is 446 g/mol. The Hall–Kier alpha value is -2.10. The maximum absolute atomic E-state index is 12.4. The number of fused-ring (bicyclic) bond motifs is 1. The standard InChI is InChI=1S/C16H13BrClN3O4S/c1-21(2)11-4-3-9-5-13(25-12(9)7-11)16(22)20-26(23,24)14-6-10(17)8-19-15(14)18/h3-8H,1-2H3,(H,20,22). The second-order valence-electron chi connectivity index (χ2n) is 5.60. The maximum atomic E-state index is 12.4. The zero-order chi connectivity index (χ0) is 19.1. The molecule has 7 nitrogen and oxygen atoms in total. The van der Waals surface area contributed by atoms with Gasteiger partial charge in [-0.3, -0.25) is 4.79 Å². The Labute approximate surface area is 163 Å². The lowest BCUT2D eigenvalue weighted by atomic mass is 10.2. The van der Waals surface area contributed by atoms with Crippen LogP contribution in [0.25, 0.3) is 11.0 Å². The van der Waals surface area contributed by atoms with Crippen LogP contribution in [0.2, 0.25) is 5.15 Å². The van der Waals surface area contributed by atoms with Gasteiger partial charge in [-0.1, -0.05) is 11.6 Å². The minimum Gasteiger partial charge on any atom is -0.451 e. The molecule has 136 valence electrons. The highest BCUT2D eigenvalue weighted by Gasteiger charge is 2.24. The molecule has 0 aliphatic carbocycles. The van der Waals surface area contributed by atoms with Crippen LogP contribution >= 0.6 is 27.5 Å². The third-order valence-corrected chi connectivity index (χ3v) is 5.73. The minimum absolute atomic E-state index is 0.126. The molecule has 1 amide bonds. The van der Waals surface area contributed by atoms with Crippen molar-refractivity contribution in [3.05, 3.63) is 51.9 Å². The van der Waals surface area contributed by atoms with Crippen molar-refractivity contribution in [2.75, 3.05) is 19.0 Å². The van der Waals surface area contributed by atoms with Gasteiger partial charge in [0.2, 0.25) is 0 Å². The van der Waals surface area contributed by atoms with E-state index in [1.807, 2.05) is 29.8 Å². The summed E-state index contributed by atoms with van der Waals surface area (Å²) >= 11 is 8.95. The molecule has 1 aromatic carbocycles. The Bertz CT molecular complexity index is 1110. The van der Waals surface area contributed by atoms with Gasteiger partial charge in [0, 0.05) is 41.9 Å². The topological polar surface area (TPSA) is 92.5 Å². The molecule has 0 saturated heterocycles. The van der Waals surface area contributed by atoms with Crippen LogP contribution in [0, 0.1) is 0 Å². The number of sulfonamides is 1. The number of nitrogens with zero attached hydrogens (tertiary/aromatic N) is 2. The summed E-state index contributed by atoms with van der Waals surface area (Å²) in [4.78, 5) is 17.7. The van der Waals surface area contributed by atoms with Gasteiger partial charge in [-0.15, -0.1) is 0 Å². The average molecular weight is 459 g/mol. The third-order valence-electron chi connectivity index (χ3n) is 3.53. The molecule has 0 aliphatic heterocycles. The number of pyridine rings is 1. The maximum Gasteiger partial charge on any atom is 0.300 e. The van der Waals surface area contributed by atoms with E-state index in [1.54, 1.807) is 12.1 Å². The van der Waals surface area contributed by atoms with Crippen molar-refractivity contribution in [1.82, 2.24) is 9.71 Å². The highest BCUT2D eigenvalue weighted by atomic mass is 79.9. The molecule has 0 atom stereocenters. The number of furan rings is 1. The van der Waals surface area contributed by atoms with E-state index in [-0.39, 0.29) is 15.8 Å². The van der Waals surface area contributed by atoms with Crippen molar-refractivity contribution in [2.24, 2.45) is 0 Å². The predicted molar refractivity (Wildman–Crippen MR) is 102 cm³/mol. The van der Waals surface area contributed by atoms with Crippen molar-refractivity contribution >= 4 is 60.1 Å². The Morgan fingerprint density at radius 3 is 2.69 bits per heavy atom. The number of rotatable bonds is 4. The number of anilines is 1. The molecule has 2 heterocycles. The Kier molecular flexibility index (Phi) is 4.96. The second-order valence-corrected chi connectivity index (χ2v) is 8.53. The SMILES string of the molecule is CN(C)c1ccc2cc(C(=O)NS(=O)(=O)c3cc(Br)cnc3Cl)oc2c1. The lowest BCUT2D eigenvalue weighted by molar-refractivity contribution is 0.0956. The lowest BCUT2D eigenvalue weighted by Gasteiger charge is -2.11. The molecule has 1 N–H and O–H groups in total. The molecule has 0 bridgehead atoms.